The zero-order valence-electron chi connectivity index (χ0n) is 11.5. The van der Waals surface area contributed by atoms with Gasteiger partial charge in [-0.15, -0.1) is 11.3 Å². The summed E-state index contributed by atoms with van der Waals surface area (Å²) in [5, 5.41) is 3.56. The number of hydrogen-bond donors (Lipinski definition) is 1. The number of nitrogens with one attached hydrogen (secondary N) is 1. The predicted molar refractivity (Wildman–Crippen MR) is 77.1 cm³/mol. The van der Waals surface area contributed by atoms with Gasteiger partial charge in [-0.1, -0.05) is 6.92 Å². The van der Waals surface area contributed by atoms with Crippen molar-refractivity contribution in [3.8, 4) is 0 Å². The maximum atomic E-state index is 4.42. The number of imidazole rings is 1. The van der Waals surface area contributed by atoms with Gasteiger partial charge in [0.2, 0.25) is 0 Å². The number of aryl methyl sites for hydroxylation is 3. The summed E-state index contributed by atoms with van der Waals surface area (Å²) in [6.45, 7) is 7.50. The van der Waals surface area contributed by atoms with Crippen molar-refractivity contribution in [2.45, 2.75) is 33.2 Å². The van der Waals surface area contributed by atoms with E-state index in [2.05, 4.69) is 48.8 Å². The lowest BCUT2D eigenvalue weighted by molar-refractivity contribution is 0.536. The molecule has 0 spiro atoms. The number of rotatable bonds is 5. The highest BCUT2D eigenvalue weighted by atomic mass is 32.1. The Hall–Kier alpha value is -1.13. The van der Waals surface area contributed by atoms with Crippen molar-refractivity contribution in [3.05, 3.63) is 39.6 Å². The van der Waals surface area contributed by atoms with Gasteiger partial charge in [0.1, 0.15) is 5.82 Å². The van der Waals surface area contributed by atoms with Gasteiger partial charge < -0.3 is 9.88 Å². The largest absolute Gasteiger partial charge is 0.338 e. The van der Waals surface area contributed by atoms with Gasteiger partial charge in [-0.25, -0.2) is 4.98 Å². The summed E-state index contributed by atoms with van der Waals surface area (Å²) in [6.07, 6.45) is 4.81. The number of hydrogen-bond acceptors (Lipinski definition) is 3. The second kappa shape index (κ2) is 5.67. The first-order chi connectivity index (χ1) is 8.61. The molecular formula is C14H21N3S. The van der Waals surface area contributed by atoms with Gasteiger partial charge in [0, 0.05) is 41.7 Å². The van der Waals surface area contributed by atoms with Crippen molar-refractivity contribution >= 4 is 11.3 Å². The Kier molecular flexibility index (Phi) is 4.19. The van der Waals surface area contributed by atoms with Crippen LogP contribution in [0.1, 0.15) is 34.1 Å². The lowest BCUT2D eigenvalue weighted by Gasteiger charge is -2.16. The molecule has 0 radical (unpaired) electrons. The Bertz CT molecular complexity index is 493. The SMILES string of the molecule is CCNC(Cc1nccn1C)c1cc(C)c(C)s1. The van der Waals surface area contributed by atoms with E-state index >= 15 is 0 Å². The second-order valence-corrected chi connectivity index (χ2v) is 5.94. The monoisotopic (exact) mass is 263 g/mol. The molecule has 0 amide bonds. The van der Waals surface area contributed by atoms with E-state index in [0.29, 0.717) is 6.04 Å². The van der Waals surface area contributed by atoms with E-state index in [1.807, 2.05) is 23.7 Å². The van der Waals surface area contributed by atoms with E-state index in [-0.39, 0.29) is 0 Å². The zero-order chi connectivity index (χ0) is 13.1. The Morgan fingerprint density at radius 2 is 2.22 bits per heavy atom. The Morgan fingerprint density at radius 1 is 1.44 bits per heavy atom. The maximum absolute atomic E-state index is 4.42. The van der Waals surface area contributed by atoms with Crippen LogP contribution in [0, 0.1) is 13.8 Å². The predicted octanol–water partition coefficient (Wildman–Crippen LogP) is 2.99. The normalized spacial score (nSPS) is 12.9. The van der Waals surface area contributed by atoms with Gasteiger partial charge in [-0.2, -0.15) is 0 Å². The van der Waals surface area contributed by atoms with Crippen LogP contribution < -0.4 is 5.32 Å². The molecule has 2 rings (SSSR count). The van der Waals surface area contributed by atoms with Gasteiger partial charge in [0.15, 0.2) is 0 Å². The summed E-state index contributed by atoms with van der Waals surface area (Å²) in [6, 6.07) is 2.67. The summed E-state index contributed by atoms with van der Waals surface area (Å²) in [4.78, 5) is 7.24. The van der Waals surface area contributed by atoms with Gasteiger partial charge in [-0.05, 0) is 32.0 Å². The fourth-order valence-electron chi connectivity index (χ4n) is 2.07. The smallest absolute Gasteiger partial charge is 0.110 e. The lowest BCUT2D eigenvalue weighted by Crippen LogP contribution is -2.23. The molecule has 2 heterocycles. The Balaban J connectivity index is 2.20. The molecule has 0 saturated heterocycles. The maximum Gasteiger partial charge on any atom is 0.110 e. The summed E-state index contributed by atoms with van der Waals surface area (Å²) in [5.41, 5.74) is 1.39. The molecule has 2 aromatic rings. The summed E-state index contributed by atoms with van der Waals surface area (Å²) >= 11 is 1.89. The minimum atomic E-state index is 0.369. The third-order valence-corrected chi connectivity index (χ3v) is 4.55. The molecule has 0 aliphatic rings. The van der Waals surface area contributed by atoms with Crippen LogP contribution in [0.25, 0.3) is 0 Å². The minimum absolute atomic E-state index is 0.369. The van der Waals surface area contributed by atoms with Crippen LogP contribution in [0.5, 0.6) is 0 Å². The molecular weight excluding hydrogens is 242 g/mol. The van der Waals surface area contributed by atoms with E-state index in [0.717, 1.165) is 18.8 Å². The minimum Gasteiger partial charge on any atom is -0.338 e. The molecule has 0 fully saturated rings. The van der Waals surface area contributed by atoms with Gasteiger partial charge in [0.25, 0.3) is 0 Å². The molecule has 18 heavy (non-hydrogen) atoms. The van der Waals surface area contributed by atoms with E-state index in [1.54, 1.807) is 0 Å². The zero-order valence-corrected chi connectivity index (χ0v) is 12.3. The average Bonchev–Trinajstić information content (AvgIpc) is 2.87. The molecule has 0 saturated carbocycles. The number of nitrogens with zero attached hydrogens (tertiary/aromatic N) is 2. The van der Waals surface area contributed by atoms with Gasteiger partial charge >= 0.3 is 0 Å². The van der Waals surface area contributed by atoms with Crippen molar-refractivity contribution in [1.29, 1.82) is 0 Å². The van der Waals surface area contributed by atoms with E-state index in [9.17, 15) is 0 Å². The van der Waals surface area contributed by atoms with Gasteiger partial charge in [-0.3, -0.25) is 0 Å². The highest BCUT2D eigenvalue weighted by Crippen LogP contribution is 2.28. The van der Waals surface area contributed by atoms with Crippen LogP contribution in [0.3, 0.4) is 0 Å². The first kappa shape index (κ1) is 13.3. The van der Waals surface area contributed by atoms with Crippen LogP contribution in [0.15, 0.2) is 18.5 Å². The average molecular weight is 263 g/mol. The first-order valence-corrected chi connectivity index (χ1v) is 7.20. The van der Waals surface area contributed by atoms with Crippen LogP contribution >= 0.6 is 11.3 Å². The Morgan fingerprint density at radius 3 is 2.72 bits per heavy atom. The van der Waals surface area contributed by atoms with E-state index in [4.69, 9.17) is 0 Å². The third-order valence-electron chi connectivity index (χ3n) is 3.29. The standard InChI is InChI=1S/C14H21N3S/c1-5-15-12(9-14-16-6-7-17(14)4)13-8-10(2)11(3)18-13/h6-8,12,15H,5,9H2,1-4H3. The van der Waals surface area contributed by atoms with Crippen molar-refractivity contribution in [2.24, 2.45) is 7.05 Å². The third kappa shape index (κ3) is 2.82. The van der Waals surface area contributed by atoms with Crippen LogP contribution in [-0.2, 0) is 13.5 Å². The summed E-state index contributed by atoms with van der Waals surface area (Å²) < 4.78 is 2.09. The van der Waals surface area contributed by atoms with Crippen LogP contribution in [0.2, 0.25) is 0 Å². The molecule has 4 heteroatoms. The molecule has 0 aliphatic carbocycles. The van der Waals surface area contributed by atoms with E-state index < -0.39 is 0 Å². The van der Waals surface area contributed by atoms with E-state index in [1.165, 1.54) is 15.3 Å². The second-order valence-electron chi connectivity index (χ2n) is 4.66. The van der Waals surface area contributed by atoms with Gasteiger partial charge in [0.05, 0.1) is 0 Å². The quantitative estimate of drug-likeness (QED) is 0.898. The fourth-order valence-corrected chi connectivity index (χ4v) is 3.19. The number of thiophene rings is 1. The highest BCUT2D eigenvalue weighted by molar-refractivity contribution is 7.12. The molecule has 0 bridgehead atoms. The molecule has 98 valence electrons. The van der Waals surface area contributed by atoms with Crippen LogP contribution in [-0.4, -0.2) is 16.1 Å². The number of likely N-dealkylation sites (N-methyl/N-ethyl adjacent to an activating group) is 1. The first-order valence-electron chi connectivity index (χ1n) is 6.38. The molecule has 0 aliphatic heterocycles. The van der Waals surface area contributed by atoms with Crippen molar-refractivity contribution in [2.75, 3.05) is 6.54 Å². The fraction of sp³-hybridized carbons (Fsp3) is 0.500. The molecule has 1 N–H and O–H groups in total. The molecule has 2 aromatic heterocycles. The van der Waals surface area contributed by atoms with Crippen LogP contribution in [0.4, 0.5) is 0 Å². The molecule has 1 atom stereocenters. The Labute approximate surface area is 113 Å². The van der Waals surface area contributed by atoms with Crippen molar-refractivity contribution < 1.29 is 0 Å². The summed E-state index contributed by atoms with van der Waals surface area (Å²) in [7, 11) is 2.05. The topological polar surface area (TPSA) is 29.9 Å². The summed E-state index contributed by atoms with van der Waals surface area (Å²) in [5.74, 6) is 1.13. The van der Waals surface area contributed by atoms with Crippen molar-refractivity contribution in [3.63, 3.8) is 0 Å². The van der Waals surface area contributed by atoms with Crippen molar-refractivity contribution in [1.82, 2.24) is 14.9 Å². The molecule has 3 nitrogen and oxygen atoms in total. The molecule has 1 unspecified atom stereocenters. The molecule has 0 aromatic carbocycles. The lowest BCUT2D eigenvalue weighted by atomic mass is 10.1. The number of aromatic nitrogens is 2. The highest BCUT2D eigenvalue weighted by Gasteiger charge is 2.16.